The van der Waals surface area contributed by atoms with E-state index in [1.807, 2.05) is 20.8 Å². The maximum atomic E-state index is 12.8. The van der Waals surface area contributed by atoms with Gasteiger partial charge in [-0.15, -0.1) is 0 Å². The van der Waals surface area contributed by atoms with E-state index >= 15 is 0 Å². The van der Waals surface area contributed by atoms with Gasteiger partial charge in [-0.1, -0.05) is 20.8 Å². The molecule has 0 saturated carbocycles. The third kappa shape index (κ3) is 3.93. The normalized spacial score (nSPS) is 20.8. The molecular formula is C14H30N2O3S. The number of rotatable bonds is 9. The van der Waals surface area contributed by atoms with Crippen LogP contribution in [0.3, 0.4) is 0 Å². The largest absolute Gasteiger partial charge is 0.377 e. The Labute approximate surface area is 123 Å². The van der Waals surface area contributed by atoms with Gasteiger partial charge in [-0.05, 0) is 32.1 Å². The first-order valence-corrected chi connectivity index (χ1v) is 9.38. The SMILES string of the molecule is CCCN(C(CC)(CC)CN)S(=O)(=O)CC1CCCO1. The summed E-state index contributed by atoms with van der Waals surface area (Å²) in [6, 6.07) is 0. The van der Waals surface area contributed by atoms with Crippen molar-refractivity contribution >= 4 is 10.0 Å². The summed E-state index contributed by atoms with van der Waals surface area (Å²) in [5.74, 6) is 0.0920. The zero-order valence-corrected chi connectivity index (χ0v) is 13.9. The fraction of sp³-hybridized carbons (Fsp3) is 1.00. The van der Waals surface area contributed by atoms with Crippen LogP contribution in [0.4, 0.5) is 0 Å². The first-order chi connectivity index (χ1) is 9.45. The van der Waals surface area contributed by atoms with Crippen molar-refractivity contribution in [2.75, 3.05) is 25.4 Å². The van der Waals surface area contributed by atoms with Crippen molar-refractivity contribution in [2.45, 2.75) is 64.5 Å². The molecule has 1 fully saturated rings. The van der Waals surface area contributed by atoms with Gasteiger partial charge in [-0.2, -0.15) is 4.31 Å². The van der Waals surface area contributed by atoms with E-state index in [2.05, 4.69) is 0 Å². The highest BCUT2D eigenvalue weighted by Gasteiger charge is 2.40. The van der Waals surface area contributed by atoms with E-state index in [1.165, 1.54) is 0 Å². The highest BCUT2D eigenvalue weighted by Crippen LogP contribution is 2.28. The Kier molecular flexibility index (Phi) is 6.91. The lowest BCUT2D eigenvalue weighted by Gasteiger charge is -2.41. The molecule has 0 aromatic carbocycles. The number of nitrogens with zero attached hydrogens (tertiary/aromatic N) is 1. The lowest BCUT2D eigenvalue weighted by Crippen LogP contribution is -2.57. The van der Waals surface area contributed by atoms with Crippen LogP contribution in [0.5, 0.6) is 0 Å². The van der Waals surface area contributed by atoms with Crippen LogP contribution >= 0.6 is 0 Å². The van der Waals surface area contributed by atoms with E-state index in [4.69, 9.17) is 10.5 Å². The van der Waals surface area contributed by atoms with Crippen LogP contribution in [0.1, 0.15) is 52.9 Å². The number of hydrogen-bond donors (Lipinski definition) is 1. The van der Waals surface area contributed by atoms with Crippen molar-refractivity contribution in [3.63, 3.8) is 0 Å². The average Bonchev–Trinajstić information content (AvgIpc) is 2.92. The van der Waals surface area contributed by atoms with Crippen molar-refractivity contribution in [1.29, 1.82) is 0 Å². The fourth-order valence-electron chi connectivity index (χ4n) is 2.97. The number of ether oxygens (including phenoxy) is 1. The lowest BCUT2D eigenvalue weighted by atomic mass is 9.93. The summed E-state index contributed by atoms with van der Waals surface area (Å²) in [6.07, 6.45) is 3.93. The molecule has 1 aliphatic rings. The van der Waals surface area contributed by atoms with Crippen molar-refractivity contribution < 1.29 is 13.2 Å². The molecule has 0 bridgehead atoms. The maximum absolute atomic E-state index is 12.8. The number of hydrogen-bond acceptors (Lipinski definition) is 4. The van der Waals surface area contributed by atoms with Crippen molar-refractivity contribution in [3.8, 4) is 0 Å². The van der Waals surface area contributed by atoms with Crippen LogP contribution in [0.25, 0.3) is 0 Å². The molecule has 1 aliphatic heterocycles. The van der Waals surface area contributed by atoms with E-state index in [0.717, 1.165) is 32.1 Å². The molecule has 0 aromatic rings. The predicted octanol–water partition coefficient (Wildman–Crippen LogP) is 1.72. The van der Waals surface area contributed by atoms with Gasteiger partial charge in [0.25, 0.3) is 0 Å². The van der Waals surface area contributed by atoms with Gasteiger partial charge in [0.1, 0.15) is 0 Å². The molecule has 5 nitrogen and oxygen atoms in total. The molecule has 0 aliphatic carbocycles. The van der Waals surface area contributed by atoms with Gasteiger partial charge in [0.2, 0.25) is 10.0 Å². The minimum Gasteiger partial charge on any atom is -0.377 e. The monoisotopic (exact) mass is 306 g/mol. The smallest absolute Gasteiger partial charge is 0.217 e. The van der Waals surface area contributed by atoms with Crippen LogP contribution in [-0.2, 0) is 14.8 Å². The second-order valence-electron chi connectivity index (χ2n) is 5.62. The molecule has 0 amide bonds. The molecule has 0 aromatic heterocycles. The molecule has 0 spiro atoms. The summed E-state index contributed by atoms with van der Waals surface area (Å²) in [7, 11) is -3.33. The topological polar surface area (TPSA) is 72.6 Å². The number of nitrogens with two attached hydrogens (primary N) is 1. The molecule has 120 valence electrons. The highest BCUT2D eigenvalue weighted by molar-refractivity contribution is 7.89. The van der Waals surface area contributed by atoms with Crippen molar-refractivity contribution in [2.24, 2.45) is 5.73 Å². The maximum Gasteiger partial charge on any atom is 0.217 e. The molecule has 20 heavy (non-hydrogen) atoms. The molecule has 6 heteroatoms. The summed E-state index contributed by atoms with van der Waals surface area (Å²) in [4.78, 5) is 0. The molecule has 1 saturated heterocycles. The van der Waals surface area contributed by atoms with Crippen LogP contribution in [-0.4, -0.2) is 49.8 Å². The van der Waals surface area contributed by atoms with E-state index in [-0.39, 0.29) is 11.9 Å². The quantitative estimate of drug-likeness (QED) is 0.704. The van der Waals surface area contributed by atoms with Crippen LogP contribution in [0.15, 0.2) is 0 Å². The van der Waals surface area contributed by atoms with Gasteiger partial charge in [0, 0.05) is 25.2 Å². The number of sulfonamides is 1. The molecule has 0 radical (unpaired) electrons. The Morgan fingerprint density at radius 3 is 2.35 bits per heavy atom. The van der Waals surface area contributed by atoms with Crippen LogP contribution in [0.2, 0.25) is 0 Å². The van der Waals surface area contributed by atoms with Crippen molar-refractivity contribution in [1.82, 2.24) is 4.31 Å². The predicted molar refractivity (Wildman–Crippen MR) is 82.1 cm³/mol. The summed E-state index contributed by atoms with van der Waals surface area (Å²) in [5, 5.41) is 0. The summed E-state index contributed by atoms with van der Waals surface area (Å²) in [6.45, 7) is 7.61. The molecule has 2 N–H and O–H groups in total. The average molecular weight is 306 g/mol. The van der Waals surface area contributed by atoms with Gasteiger partial charge in [0.15, 0.2) is 0 Å². The van der Waals surface area contributed by atoms with Crippen LogP contribution < -0.4 is 5.73 Å². The Bertz CT molecular complexity index is 366. The second kappa shape index (κ2) is 7.73. The Morgan fingerprint density at radius 2 is 1.95 bits per heavy atom. The van der Waals surface area contributed by atoms with Gasteiger partial charge in [-0.25, -0.2) is 8.42 Å². The van der Waals surface area contributed by atoms with Crippen LogP contribution in [0, 0.1) is 0 Å². The standard InChI is InChI=1S/C14H30N2O3S/c1-4-9-16(14(5-2,6-3)12-15)20(17,18)11-13-8-7-10-19-13/h13H,4-12,15H2,1-3H3. The second-order valence-corrected chi connectivity index (χ2v) is 7.56. The Hall–Kier alpha value is -0.170. The van der Waals surface area contributed by atoms with E-state index in [0.29, 0.717) is 19.7 Å². The minimum absolute atomic E-state index is 0.0920. The zero-order valence-electron chi connectivity index (χ0n) is 13.1. The molecule has 1 heterocycles. The third-order valence-corrected chi connectivity index (χ3v) is 6.44. The summed E-state index contributed by atoms with van der Waals surface area (Å²) < 4.78 is 32.7. The van der Waals surface area contributed by atoms with E-state index in [9.17, 15) is 8.42 Å². The van der Waals surface area contributed by atoms with Gasteiger partial charge >= 0.3 is 0 Å². The van der Waals surface area contributed by atoms with E-state index in [1.54, 1.807) is 4.31 Å². The molecule has 1 rings (SSSR count). The van der Waals surface area contributed by atoms with Gasteiger partial charge < -0.3 is 10.5 Å². The summed E-state index contributed by atoms with van der Waals surface area (Å²) in [5.41, 5.74) is 5.48. The highest BCUT2D eigenvalue weighted by atomic mass is 32.2. The van der Waals surface area contributed by atoms with Gasteiger partial charge in [0.05, 0.1) is 11.9 Å². The molecule has 1 atom stereocenters. The van der Waals surface area contributed by atoms with Gasteiger partial charge in [-0.3, -0.25) is 0 Å². The van der Waals surface area contributed by atoms with Crippen molar-refractivity contribution in [3.05, 3.63) is 0 Å². The lowest BCUT2D eigenvalue weighted by molar-refractivity contribution is 0.122. The zero-order chi connectivity index (χ0) is 15.2. The third-order valence-electron chi connectivity index (χ3n) is 4.41. The Balaban J connectivity index is 2.97. The van der Waals surface area contributed by atoms with E-state index < -0.39 is 15.6 Å². The summed E-state index contributed by atoms with van der Waals surface area (Å²) >= 11 is 0. The molecular weight excluding hydrogens is 276 g/mol. The first-order valence-electron chi connectivity index (χ1n) is 7.78. The Morgan fingerprint density at radius 1 is 1.30 bits per heavy atom. The first kappa shape index (κ1) is 17.9. The minimum atomic E-state index is -3.33. The fourth-order valence-corrected chi connectivity index (χ4v) is 5.26. The molecule has 1 unspecified atom stereocenters.